The normalized spacial score (nSPS) is 12.3. The molecule has 41 heavy (non-hydrogen) atoms. The van der Waals surface area contributed by atoms with Crippen molar-refractivity contribution in [2.75, 3.05) is 13.7 Å². The molecule has 0 fully saturated rings. The fourth-order valence-electron chi connectivity index (χ4n) is 5.11. The Bertz CT molecular complexity index is 1250. The molecule has 0 heterocycles. The molecule has 0 aliphatic carbocycles. The number of primary amides is 1. The quantitative estimate of drug-likeness (QED) is 0.122. The summed E-state index contributed by atoms with van der Waals surface area (Å²) in [4.78, 5) is 23.3. The Morgan fingerprint density at radius 3 is 2.02 bits per heavy atom. The van der Waals surface area contributed by atoms with Crippen molar-refractivity contribution in [2.45, 2.75) is 64.7 Å². The molecule has 0 saturated heterocycles. The third-order valence-electron chi connectivity index (χ3n) is 7.45. The van der Waals surface area contributed by atoms with E-state index in [1.54, 1.807) is 19.2 Å². The van der Waals surface area contributed by atoms with E-state index in [1.165, 1.54) is 11.1 Å². The van der Waals surface area contributed by atoms with Crippen LogP contribution >= 0.6 is 0 Å². The lowest BCUT2D eigenvalue weighted by molar-refractivity contribution is -0.122. The molecule has 6 nitrogen and oxygen atoms in total. The van der Waals surface area contributed by atoms with Crippen molar-refractivity contribution >= 4 is 23.0 Å². The number of aromatic hydroxyl groups is 1. The highest BCUT2D eigenvalue weighted by Crippen LogP contribution is 2.35. The van der Waals surface area contributed by atoms with Gasteiger partial charge in [0.25, 0.3) is 0 Å². The van der Waals surface area contributed by atoms with E-state index in [4.69, 9.17) is 10.5 Å². The fraction of sp³-hybridized carbons (Fsp3) is 0.371. The molecular weight excluding hydrogens is 512 g/mol. The van der Waals surface area contributed by atoms with Crippen molar-refractivity contribution in [3.63, 3.8) is 0 Å². The number of phenols is 1. The maximum absolute atomic E-state index is 12.0. The molecule has 0 spiro atoms. The number of nitrogens with two attached hydrogens (primary N) is 1. The van der Waals surface area contributed by atoms with E-state index in [1.807, 2.05) is 42.5 Å². The Morgan fingerprint density at radius 2 is 1.41 bits per heavy atom. The average Bonchev–Trinajstić information content (AvgIpc) is 2.99. The van der Waals surface area contributed by atoms with Gasteiger partial charge >= 0.3 is 0 Å². The number of hydrogen-bond acceptors (Lipinski definition) is 4. The van der Waals surface area contributed by atoms with Crippen LogP contribution in [0, 0.1) is 5.92 Å². The van der Waals surface area contributed by atoms with Crippen LogP contribution in [-0.4, -0.2) is 30.6 Å². The number of benzene rings is 3. The number of carbonyl (C=O) groups is 2. The van der Waals surface area contributed by atoms with Crippen LogP contribution < -0.4 is 15.8 Å². The third-order valence-corrected chi connectivity index (χ3v) is 7.45. The summed E-state index contributed by atoms with van der Waals surface area (Å²) in [5.74, 6) is 0.584. The maximum Gasteiger partial charge on any atom is 0.220 e. The first-order valence-corrected chi connectivity index (χ1v) is 14.7. The molecule has 3 rings (SSSR count). The number of nitrogens with one attached hydrogen (secondary N) is 1. The number of unbranched alkanes of at least 4 members (excludes halogenated alkanes) is 4. The van der Waals surface area contributed by atoms with E-state index in [-0.39, 0.29) is 23.5 Å². The van der Waals surface area contributed by atoms with Crippen LogP contribution in [0.5, 0.6) is 11.5 Å². The molecule has 218 valence electrons. The van der Waals surface area contributed by atoms with Gasteiger partial charge in [0.05, 0.1) is 6.61 Å². The molecular formula is C35H44N2O4. The number of ether oxygens (including phenoxy) is 1. The topological polar surface area (TPSA) is 102 Å². The second-order valence-corrected chi connectivity index (χ2v) is 10.4. The summed E-state index contributed by atoms with van der Waals surface area (Å²) in [7, 11) is 1.66. The van der Waals surface area contributed by atoms with E-state index in [0.717, 1.165) is 67.4 Å². The van der Waals surface area contributed by atoms with E-state index >= 15 is 0 Å². The van der Waals surface area contributed by atoms with Gasteiger partial charge in [-0.1, -0.05) is 87.2 Å². The number of hydrogen-bond donors (Lipinski definition) is 3. The first kappa shape index (κ1) is 31.5. The fourth-order valence-corrected chi connectivity index (χ4v) is 5.11. The van der Waals surface area contributed by atoms with Gasteiger partial charge in [0, 0.05) is 19.4 Å². The molecule has 0 saturated carbocycles. The van der Waals surface area contributed by atoms with Crippen molar-refractivity contribution in [1.29, 1.82) is 0 Å². The zero-order valence-electron chi connectivity index (χ0n) is 24.4. The average molecular weight is 557 g/mol. The minimum atomic E-state index is -0.278. The molecule has 0 radical (unpaired) electrons. The van der Waals surface area contributed by atoms with E-state index < -0.39 is 0 Å². The molecule has 4 N–H and O–H groups in total. The molecule has 0 aromatic heterocycles. The van der Waals surface area contributed by atoms with Crippen LogP contribution in [0.15, 0.2) is 78.9 Å². The first-order valence-electron chi connectivity index (χ1n) is 14.7. The molecule has 6 heteroatoms. The second kappa shape index (κ2) is 16.9. The lowest BCUT2D eigenvalue weighted by Gasteiger charge is -2.17. The van der Waals surface area contributed by atoms with Gasteiger partial charge in [-0.15, -0.1) is 0 Å². The highest BCUT2D eigenvalue weighted by molar-refractivity contribution is 5.98. The van der Waals surface area contributed by atoms with Crippen molar-refractivity contribution in [1.82, 2.24) is 5.32 Å². The van der Waals surface area contributed by atoms with Gasteiger partial charge in [0.2, 0.25) is 11.8 Å². The Hall–Kier alpha value is -4.06. The van der Waals surface area contributed by atoms with Crippen molar-refractivity contribution in [3.05, 3.63) is 95.6 Å². The standard InChI is InChI=1S/C35H44N2O4/c1-3-32(26-12-9-7-10-13-26)34(27-16-20-30(38)21-17-27)28-18-22-31(23-19-28)41-25-24-29(35(36)40)14-8-5-4-6-11-15-33(39)37-2/h7,9-10,12-13,16-23,29,38H,3-6,8,11,14-15,24-25H2,1-2H3,(H2,36,40)(H,37,39). The summed E-state index contributed by atoms with van der Waals surface area (Å²) in [6, 6.07) is 25.7. The van der Waals surface area contributed by atoms with Crippen molar-refractivity contribution < 1.29 is 19.4 Å². The predicted molar refractivity (Wildman–Crippen MR) is 166 cm³/mol. The maximum atomic E-state index is 12.0. The zero-order valence-corrected chi connectivity index (χ0v) is 24.4. The monoisotopic (exact) mass is 556 g/mol. The molecule has 1 unspecified atom stereocenters. The van der Waals surface area contributed by atoms with Crippen LogP contribution in [0.25, 0.3) is 11.1 Å². The molecule has 3 aromatic carbocycles. The first-order chi connectivity index (χ1) is 19.9. The lowest BCUT2D eigenvalue weighted by Crippen LogP contribution is -2.25. The van der Waals surface area contributed by atoms with E-state index in [9.17, 15) is 14.7 Å². The summed E-state index contributed by atoms with van der Waals surface area (Å²) in [5.41, 5.74) is 11.3. The van der Waals surface area contributed by atoms with Crippen LogP contribution in [0.2, 0.25) is 0 Å². The molecule has 3 aromatic rings. The number of allylic oxidation sites excluding steroid dienone is 1. The second-order valence-electron chi connectivity index (χ2n) is 10.4. The van der Waals surface area contributed by atoms with Crippen LogP contribution in [0.4, 0.5) is 0 Å². The number of carbonyl (C=O) groups excluding carboxylic acids is 2. The van der Waals surface area contributed by atoms with Gasteiger partial charge in [0.1, 0.15) is 11.5 Å². The summed E-state index contributed by atoms with van der Waals surface area (Å²) in [5, 5.41) is 12.5. The minimum Gasteiger partial charge on any atom is -0.508 e. The Labute approximate surface area is 244 Å². The lowest BCUT2D eigenvalue weighted by atomic mass is 9.88. The Balaban J connectivity index is 1.60. The summed E-state index contributed by atoms with van der Waals surface area (Å²) >= 11 is 0. The van der Waals surface area contributed by atoms with Crippen LogP contribution in [-0.2, 0) is 9.59 Å². The van der Waals surface area contributed by atoms with Crippen LogP contribution in [0.1, 0.15) is 81.4 Å². The highest BCUT2D eigenvalue weighted by atomic mass is 16.5. The third kappa shape index (κ3) is 10.1. The number of amides is 2. The molecule has 0 bridgehead atoms. The summed E-state index contributed by atoms with van der Waals surface area (Å²) < 4.78 is 6.01. The molecule has 0 aliphatic rings. The predicted octanol–water partition coefficient (Wildman–Crippen LogP) is 7.11. The van der Waals surface area contributed by atoms with Gasteiger partial charge < -0.3 is 20.9 Å². The molecule has 2 amide bonds. The van der Waals surface area contributed by atoms with Gasteiger partial charge in [0.15, 0.2) is 0 Å². The Kier molecular flexibility index (Phi) is 13.0. The SMILES string of the molecule is CCC(=C(c1ccc(O)cc1)c1ccc(OCCC(CCCCCCCC(=O)NC)C(N)=O)cc1)c1ccccc1. The van der Waals surface area contributed by atoms with Crippen molar-refractivity contribution in [3.8, 4) is 11.5 Å². The highest BCUT2D eigenvalue weighted by Gasteiger charge is 2.16. The van der Waals surface area contributed by atoms with E-state index in [0.29, 0.717) is 19.4 Å². The van der Waals surface area contributed by atoms with Gasteiger partial charge in [-0.2, -0.15) is 0 Å². The van der Waals surface area contributed by atoms with Gasteiger partial charge in [-0.25, -0.2) is 0 Å². The van der Waals surface area contributed by atoms with E-state index in [2.05, 4.69) is 36.5 Å². The molecule has 1 atom stereocenters. The van der Waals surface area contributed by atoms with Gasteiger partial charge in [-0.05, 0) is 77.8 Å². The molecule has 0 aliphatic heterocycles. The zero-order chi connectivity index (χ0) is 29.5. The van der Waals surface area contributed by atoms with Crippen LogP contribution in [0.3, 0.4) is 0 Å². The largest absolute Gasteiger partial charge is 0.508 e. The van der Waals surface area contributed by atoms with Crippen molar-refractivity contribution in [2.24, 2.45) is 11.7 Å². The smallest absolute Gasteiger partial charge is 0.220 e. The van der Waals surface area contributed by atoms with Gasteiger partial charge in [-0.3, -0.25) is 9.59 Å². The Morgan fingerprint density at radius 1 is 0.805 bits per heavy atom. The minimum absolute atomic E-state index is 0.0839. The number of phenolic OH excluding ortho intramolecular Hbond substituents is 1. The summed E-state index contributed by atoms with van der Waals surface area (Å²) in [6.07, 6.45) is 7.69. The summed E-state index contributed by atoms with van der Waals surface area (Å²) in [6.45, 7) is 2.58. The number of rotatable bonds is 17.